The number of carboxylic acids is 1. The second kappa shape index (κ2) is 5.15. The van der Waals surface area contributed by atoms with Crippen LogP contribution in [0.5, 0.6) is 0 Å². The zero-order valence-corrected chi connectivity index (χ0v) is 15.2. The third-order valence-corrected chi connectivity index (χ3v) is 6.60. The van der Waals surface area contributed by atoms with Crippen molar-refractivity contribution in [3.63, 3.8) is 0 Å². The van der Waals surface area contributed by atoms with Crippen LogP contribution in [-0.4, -0.2) is 43.5 Å². The molecule has 2 aromatic heterocycles. The van der Waals surface area contributed by atoms with Crippen molar-refractivity contribution < 1.29 is 24.4 Å². The number of aliphatic hydroxyl groups excluding tert-OH is 1. The third-order valence-electron chi connectivity index (χ3n) is 5.36. The smallest absolute Gasteiger partial charge is 0.352 e. The van der Waals surface area contributed by atoms with Gasteiger partial charge in [0.1, 0.15) is 17.6 Å². The molecule has 4 rings (SSSR count). The number of rotatable bonds is 3. The van der Waals surface area contributed by atoms with Crippen LogP contribution in [0.3, 0.4) is 0 Å². The summed E-state index contributed by atoms with van der Waals surface area (Å²) in [6.07, 6.45) is 3.15. The van der Waals surface area contributed by atoms with Crippen molar-refractivity contribution >= 4 is 33.6 Å². The van der Waals surface area contributed by atoms with E-state index in [2.05, 4.69) is 0 Å². The lowest BCUT2D eigenvalue weighted by Crippen LogP contribution is -2.63. The Kier molecular flexibility index (Phi) is 3.36. The molecule has 0 radical (unpaired) electrons. The number of hydrogen-bond acceptors (Lipinski definition) is 4. The van der Waals surface area contributed by atoms with E-state index in [-0.39, 0.29) is 23.6 Å². The highest BCUT2D eigenvalue weighted by molar-refractivity contribution is 7.18. The van der Waals surface area contributed by atoms with Crippen LogP contribution in [0.15, 0.2) is 18.2 Å². The molecule has 0 bridgehead atoms. The van der Waals surface area contributed by atoms with Gasteiger partial charge in [0.25, 0.3) is 0 Å². The van der Waals surface area contributed by atoms with Crippen LogP contribution in [0, 0.1) is 18.8 Å². The Labute approximate surface area is 148 Å². The van der Waals surface area contributed by atoms with E-state index in [4.69, 9.17) is 0 Å². The van der Waals surface area contributed by atoms with Crippen LogP contribution in [-0.2, 0) is 16.6 Å². The van der Waals surface area contributed by atoms with Gasteiger partial charge in [0.15, 0.2) is 0 Å². The van der Waals surface area contributed by atoms with Gasteiger partial charge < -0.3 is 15.1 Å². The number of β-lactam (4-membered cyclic amide) rings is 1. The zero-order valence-electron chi connectivity index (χ0n) is 14.4. The number of carbonyl (C=O) groups excluding carboxylic acids is 1. The Hall–Kier alpha value is -2.19. The van der Waals surface area contributed by atoms with E-state index in [0.717, 1.165) is 15.4 Å². The number of fused-ring (bicyclic) bond motifs is 2. The summed E-state index contributed by atoms with van der Waals surface area (Å²) in [4.78, 5) is 27.7. The van der Waals surface area contributed by atoms with Gasteiger partial charge in [0, 0.05) is 11.5 Å². The first-order valence-corrected chi connectivity index (χ1v) is 9.01. The fourth-order valence-corrected chi connectivity index (χ4v) is 5.59. The Balaban J connectivity index is 1.90. The van der Waals surface area contributed by atoms with Crippen LogP contribution in [0.1, 0.15) is 24.4 Å². The zero-order chi connectivity index (χ0) is 18.2. The van der Waals surface area contributed by atoms with Crippen molar-refractivity contribution in [2.45, 2.75) is 32.9 Å². The van der Waals surface area contributed by atoms with Gasteiger partial charge in [-0.25, -0.2) is 9.36 Å². The molecule has 7 nitrogen and oxygen atoms in total. The molecule has 0 unspecified atom stereocenters. The van der Waals surface area contributed by atoms with Crippen LogP contribution in [0.4, 0.5) is 0 Å². The summed E-state index contributed by atoms with van der Waals surface area (Å²) in [5, 5.41) is 19.7. The number of carboxylic acid groups (broad SMARTS) is 1. The number of aliphatic carboxylic acids is 1. The van der Waals surface area contributed by atoms with Crippen molar-refractivity contribution in [3.8, 4) is 0 Å². The van der Waals surface area contributed by atoms with E-state index >= 15 is 0 Å². The number of aromatic nitrogens is 2. The first-order chi connectivity index (χ1) is 11.7. The summed E-state index contributed by atoms with van der Waals surface area (Å²) in [6.45, 7) is 5.49. The van der Waals surface area contributed by atoms with Crippen molar-refractivity contribution in [1.29, 1.82) is 0 Å². The average molecular weight is 362 g/mol. The SMILES string of the molecule is Cc1c(C2=C(C(=O)O)N3C(=O)[C@H]([C@@H](C)O)[C@H]3[C@H]2C)sc2c[n+](C)cn12. The van der Waals surface area contributed by atoms with E-state index in [1.54, 1.807) is 6.92 Å². The van der Waals surface area contributed by atoms with Crippen LogP contribution >= 0.6 is 11.3 Å². The minimum Gasteiger partial charge on any atom is -0.477 e. The van der Waals surface area contributed by atoms with Gasteiger partial charge in [0.2, 0.25) is 17.1 Å². The average Bonchev–Trinajstić information content (AvgIpc) is 3.09. The molecule has 25 heavy (non-hydrogen) atoms. The molecule has 2 aliphatic heterocycles. The second-order valence-corrected chi connectivity index (χ2v) is 7.99. The van der Waals surface area contributed by atoms with Crippen molar-refractivity contribution in [2.75, 3.05) is 0 Å². The Morgan fingerprint density at radius 3 is 2.68 bits per heavy atom. The quantitative estimate of drug-likeness (QED) is 0.624. The Morgan fingerprint density at radius 1 is 1.44 bits per heavy atom. The maximum atomic E-state index is 12.4. The van der Waals surface area contributed by atoms with Crippen molar-refractivity contribution in [3.05, 3.63) is 28.8 Å². The van der Waals surface area contributed by atoms with Gasteiger partial charge in [-0.15, -0.1) is 0 Å². The van der Waals surface area contributed by atoms with Gasteiger partial charge in [-0.2, -0.15) is 4.40 Å². The molecule has 0 saturated carbocycles. The van der Waals surface area contributed by atoms with E-state index in [9.17, 15) is 19.8 Å². The fourth-order valence-electron chi connectivity index (χ4n) is 4.24. The number of thiazole rings is 1. The second-order valence-electron chi connectivity index (χ2n) is 6.96. The minimum atomic E-state index is -1.09. The number of nitrogens with zero attached hydrogens (tertiary/aromatic N) is 3. The van der Waals surface area contributed by atoms with E-state index in [1.165, 1.54) is 16.2 Å². The molecule has 4 atom stereocenters. The summed E-state index contributed by atoms with van der Waals surface area (Å²) < 4.78 is 3.98. The molecule has 2 N–H and O–H groups in total. The first-order valence-electron chi connectivity index (χ1n) is 8.19. The largest absolute Gasteiger partial charge is 0.477 e. The normalized spacial score (nSPS) is 27.0. The van der Waals surface area contributed by atoms with Crippen molar-refractivity contribution in [1.82, 2.24) is 9.30 Å². The van der Waals surface area contributed by atoms with Gasteiger partial charge in [-0.1, -0.05) is 18.3 Å². The van der Waals surface area contributed by atoms with Gasteiger partial charge in [-0.3, -0.25) is 4.79 Å². The standard InChI is InChI=1S/C17H19N3O4S/c1-7-11(15-8(2)19-6-18(4)5-10(19)25-15)14(17(23)24)20-13(7)12(9(3)21)16(20)22/h5-7,9,12-13,21H,1-4H3/p+1/t7-,9+,12+,13+/m0/s1. The molecule has 1 fully saturated rings. The highest BCUT2D eigenvalue weighted by Crippen LogP contribution is 2.52. The number of imidazole rings is 1. The van der Waals surface area contributed by atoms with E-state index in [0.29, 0.717) is 5.57 Å². The summed E-state index contributed by atoms with van der Waals surface area (Å²) in [7, 11) is 1.94. The maximum Gasteiger partial charge on any atom is 0.352 e. The minimum absolute atomic E-state index is 0.0661. The van der Waals surface area contributed by atoms with E-state index in [1.807, 2.05) is 42.4 Å². The van der Waals surface area contributed by atoms with Crippen LogP contribution in [0.25, 0.3) is 10.4 Å². The molecular weight excluding hydrogens is 342 g/mol. The maximum absolute atomic E-state index is 12.4. The number of hydrogen-bond donors (Lipinski definition) is 2. The summed E-state index contributed by atoms with van der Waals surface area (Å²) in [5.41, 5.74) is 1.73. The van der Waals surface area contributed by atoms with Crippen molar-refractivity contribution in [2.24, 2.45) is 18.9 Å². The lowest BCUT2D eigenvalue weighted by molar-refractivity contribution is -0.670. The first kappa shape index (κ1) is 16.3. The molecule has 0 aromatic carbocycles. The molecule has 4 heterocycles. The van der Waals surface area contributed by atoms with Crippen LogP contribution in [0.2, 0.25) is 0 Å². The Morgan fingerprint density at radius 2 is 2.12 bits per heavy atom. The molecule has 1 saturated heterocycles. The number of carbonyl (C=O) groups is 2. The monoisotopic (exact) mass is 362 g/mol. The summed E-state index contributed by atoms with van der Waals surface area (Å²) in [6, 6.07) is -0.287. The molecule has 0 aliphatic carbocycles. The highest BCUT2D eigenvalue weighted by Gasteiger charge is 2.60. The van der Waals surface area contributed by atoms with Gasteiger partial charge >= 0.3 is 5.97 Å². The molecule has 1 amide bonds. The molecule has 132 valence electrons. The highest BCUT2D eigenvalue weighted by atomic mass is 32.1. The molecule has 2 aromatic rings. The fraction of sp³-hybridized carbons (Fsp3) is 0.471. The molecule has 0 spiro atoms. The third kappa shape index (κ3) is 1.98. The molecule has 2 aliphatic rings. The van der Waals surface area contributed by atoms with Gasteiger partial charge in [-0.05, 0) is 13.8 Å². The number of aliphatic hydroxyl groups is 1. The van der Waals surface area contributed by atoms with E-state index < -0.39 is 18.0 Å². The number of amides is 1. The predicted molar refractivity (Wildman–Crippen MR) is 90.7 cm³/mol. The Bertz CT molecular complexity index is 955. The lowest BCUT2D eigenvalue weighted by Gasteiger charge is -2.46. The summed E-state index contributed by atoms with van der Waals surface area (Å²) in [5.74, 6) is -2.07. The lowest BCUT2D eigenvalue weighted by atomic mass is 9.77. The number of aryl methyl sites for hydroxylation is 2. The topological polar surface area (TPSA) is 86.1 Å². The van der Waals surface area contributed by atoms with Gasteiger partial charge in [0.05, 0.1) is 30.0 Å². The predicted octanol–water partition coefficient (Wildman–Crippen LogP) is 0.787. The van der Waals surface area contributed by atoms with Crippen LogP contribution < -0.4 is 4.57 Å². The summed E-state index contributed by atoms with van der Waals surface area (Å²) >= 11 is 1.53. The molecular formula is C17H20N3O4S+. The molecule has 8 heteroatoms.